The molecule has 0 saturated heterocycles. The topological polar surface area (TPSA) is 83.5 Å². The quantitative estimate of drug-likeness (QED) is 0.476. The summed E-state index contributed by atoms with van der Waals surface area (Å²) in [5, 5.41) is 9.73. The van der Waals surface area contributed by atoms with Gasteiger partial charge in [0.1, 0.15) is 36.1 Å². The number of aliphatic hydroxyl groups excluding tert-OH is 1. The van der Waals surface area contributed by atoms with Crippen molar-refractivity contribution in [3.8, 4) is 28.7 Å². The standard InChI is InChI=1S/C23H23IO7/c1-23(24,10-25)19-7-13-14(30-19)5-4-11-21(26)20-12-6-16(27-2)17(28-3)8-15(12)29-9-18(20)31-22(11)13/h4-6,8,18-20,25H,7,9-10H2,1-3H3/t18?,19-,20?,23-/m1/s1/i24-4. The summed E-state index contributed by atoms with van der Waals surface area (Å²) >= 11 is 2.22. The van der Waals surface area contributed by atoms with Gasteiger partial charge in [-0.05, 0) is 25.1 Å². The third kappa shape index (κ3) is 3.14. The van der Waals surface area contributed by atoms with E-state index in [2.05, 4.69) is 22.6 Å². The van der Waals surface area contributed by atoms with E-state index in [1.165, 1.54) is 0 Å². The Kier molecular flexibility index (Phi) is 4.97. The molecule has 0 aromatic heterocycles. The normalized spacial score (nSPS) is 24.9. The van der Waals surface area contributed by atoms with Crippen molar-refractivity contribution >= 4 is 28.4 Å². The summed E-state index contributed by atoms with van der Waals surface area (Å²) in [6.07, 6.45) is -0.0675. The molecule has 0 spiro atoms. The average Bonchev–Trinajstić information content (AvgIpc) is 3.23. The van der Waals surface area contributed by atoms with Gasteiger partial charge in [0, 0.05) is 23.6 Å². The largest absolute Gasteiger partial charge is 0.493 e. The second kappa shape index (κ2) is 7.44. The van der Waals surface area contributed by atoms with Crippen LogP contribution in [-0.2, 0) is 6.42 Å². The van der Waals surface area contributed by atoms with E-state index in [1.54, 1.807) is 32.4 Å². The second-order valence-corrected chi connectivity index (χ2v) is 10.7. The number of aliphatic hydroxyl groups is 1. The van der Waals surface area contributed by atoms with Gasteiger partial charge in [-0.3, -0.25) is 4.79 Å². The maximum Gasteiger partial charge on any atom is 0.178 e. The Labute approximate surface area is 193 Å². The van der Waals surface area contributed by atoms with E-state index < -0.39 is 15.4 Å². The van der Waals surface area contributed by atoms with Crippen LogP contribution in [0.5, 0.6) is 28.7 Å². The third-order valence-corrected chi connectivity index (χ3v) is 7.34. The smallest absolute Gasteiger partial charge is 0.178 e. The van der Waals surface area contributed by atoms with Gasteiger partial charge in [-0.2, -0.15) is 0 Å². The van der Waals surface area contributed by atoms with Gasteiger partial charge in [-0.1, -0.05) is 22.6 Å². The Hall–Kier alpha value is -2.20. The molecule has 3 heterocycles. The maximum absolute atomic E-state index is 13.6. The Balaban J connectivity index is 1.55. The number of carbonyl (C=O) groups excluding carboxylic acids is 1. The Morgan fingerprint density at radius 3 is 2.61 bits per heavy atom. The van der Waals surface area contributed by atoms with E-state index in [-0.39, 0.29) is 25.1 Å². The van der Waals surface area contributed by atoms with Crippen LogP contribution in [-0.4, -0.2) is 54.0 Å². The number of alkyl halides is 1. The molecule has 2 aromatic rings. The van der Waals surface area contributed by atoms with Crippen LogP contribution in [0.3, 0.4) is 0 Å². The average molecular weight is 534 g/mol. The van der Waals surface area contributed by atoms with Crippen molar-refractivity contribution in [2.75, 3.05) is 27.4 Å². The zero-order valence-electron chi connectivity index (χ0n) is 17.4. The minimum absolute atomic E-state index is 0.00515. The molecule has 4 atom stereocenters. The summed E-state index contributed by atoms with van der Waals surface area (Å²) in [6.45, 7) is 2.20. The lowest BCUT2D eigenvalue weighted by Crippen LogP contribution is -2.43. The predicted molar refractivity (Wildman–Crippen MR) is 121 cm³/mol. The minimum atomic E-state index is -0.487. The summed E-state index contributed by atoms with van der Waals surface area (Å²) in [6, 6.07) is 7.15. The first-order chi connectivity index (χ1) is 14.9. The van der Waals surface area contributed by atoms with Gasteiger partial charge < -0.3 is 28.8 Å². The maximum atomic E-state index is 13.6. The van der Waals surface area contributed by atoms with Crippen molar-refractivity contribution in [1.29, 1.82) is 0 Å². The monoisotopic (exact) mass is 534 g/mol. The summed E-state index contributed by atoms with van der Waals surface area (Å²) in [5.41, 5.74) is 2.16. The number of halogens is 1. The Bertz CT molecular complexity index is 1060. The SMILES string of the molecule is COc1cc2c(cc1OC)C1C(=O)c3ccc4c(c3OC1CO2)C[C@H]([C@](C)([123I])CO)O4. The molecule has 2 aromatic carbocycles. The van der Waals surface area contributed by atoms with Crippen LogP contribution in [0.15, 0.2) is 24.3 Å². The molecule has 3 aliphatic rings. The molecule has 31 heavy (non-hydrogen) atoms. The van der Waals surface area contributed by atoms with Crippen LogP contribution >= 0.6 is 22.6 Å². The van der Waals surface area contributed by atoms with Crippen molar-refractivity contribution in [1.82, 2.24) is 0 Å². The lowest BCUT2D eigenvalue weighted by atomic mass is 9.81. The number of methoxy groups -OCH3 is 2. The number of hydrogen-bond acceptors (Lipinski definition) is 7. The number of ketones is 1. The van der Waals surface area contributed by atoms with Crippen molar-refractivity contribution in [3.63, 3.8) is 0 Å². The number of fused-ring (bicyclic) bond motifs is 6. The van der Waals surface area contributed by atoms with E-state index in [1.807, 2.05) is 13.0 Å². The molecule has 8 heteroatoms. The number of Topliss-reactive ketones (excluding diaryl/α,β-unsaturated/α-hetero) is 1. The highest BCUT2D eigenvalue weighted by atomic mass is 123. The molecule has 0 amide bonds. The van der Waals surface area contributed by atoms with Crippen LogP contribution in [0.4, 0.5) is 0 Å². The number of ether oxygens (including phenoxy) is 5. The fourth-order valence-electron chi connectivity index (χ4n) is 4.50. The number of benzene rings is 2. The summed E-state index contributed by atoms with van der Waals surface area (Å²) in [5.74, 6) is 2.48. The Morgan fingerprint density at radius 1 is 1.16 bits per heavy atom. The first-order valence-corrected chi connectivity index (χ1v) is 11.2. The van der Waals surface area contributed by atoms with Crippen molar-refractivity contribution < 1.29 is 33.6 Å². The van der Waals surface area contributed by atoms with Crippen LogP contribution in [0.1, 0.15) is 34.3 Å². The van der Waals surface area contributed by atoms with Crippen LogP contribution < -0.4 is 23.7 Å². The van der Waals surface area contributed by atoms with Crippen molar-refractivity contribution in [2.24, 2.45) is 0 Å². The molecular formula is C23H23IO7. The lowest BCUT2D eigenvalue weighted by molar-refractivity contribution is 0.0554. The highest BCUT2D eigenvalue weighted by molar-refractivity contribution is 14.1. The van der Waals surface area contributed by atoms with E-state index in [0.717, 1.165) is 11.1 Å². The molecular weight excluding hydrogens is 511 g/mol. The number of hydrogen-bond donors (Lipinski definition) is 1. The fraction of sp³-hybridized carbons (Fsp3) is 0.435. The van der Waals surface area contributed by atoms with E-state index in [9.17, 15) is 9.90 Å². The predicted octanol–water partition coefficient (Wildman–Crippen LogP) is 3.31. The molecule has 0 fully saturated rings. The van der Waals surface area contributed by atoms with E-state index >= 15 is 0 Å². The number of carbonyl (C=O) groups is 1. The van der Waals surface area contributed by atoms with Crippen LogP contribution in [0, 0.1) is 0 Å². The van der Waals surface area contributed by atoms with Gasteiger partial charge in [-0.25, -0.2) is 0 Å². The van der Waals surface area contributed by atoms with Crippen LogP contribution in [0.25, 0.3) is 0 Å². The van der Waals surface area contributed by atoms with Gasteiger partial charge in [0.15, 0.2) is 17.3 Å². The summed E-state index contributed by atoms with van der Waals surface area (Å²) < 4.78 is 28.8. The van der Waals surface area contributed by atoms with Crippen molar-refractivity contribution in [3.05, 3.63) is 41.0 Å². The lowest BCUT2D eigenvalue weighted by Gasteiger charge is -2.37. The first-order valence-electron chi connectivity index (χ1n) is 10.1. The van der Waals surface area contributed by atoms with Crippen LogP contribution in [0.2, 0.25) is 0 Å². The van der Waals surface area contributed by atoms with Gasteiger partial charge in [-0.15, -0.1) is 0 Å². The van der Waals surface area contributed by atoms with Crippen molar-refractivity contribution in [2.45, 2.75) is 34.9 Å². The third-order valence-electron chi connectivity index (χ3n) is 6.30. The van der Waals surface area contributed by atoms with Gasteiger partial charge >= 0.3 is 0 Å². The molecule has 0 radical (unpaired) electrons. The van der Waals surface area contributed by atoms with Gasteiger partial charge in [0.25, 0.3) is 0 Å². The van der Waals surface area contributed by atoms with E-state index in [0.29, 0.717) is 40.7 Å². The summed E-state index contributed by atoms with van der Waals surface area (Å²) in [7, 11) is 3.13. The molecule has 0 saturated carbocycles. The minimum Gasteiger partial charge on any atom is -0.493 e. The molecule has 5 rings (SSSR count). The highest BCUT2D eigenvalue weighted by Crippen LogP contribution is 2.50. The fourth-order valence-corrected chi connectivity index (χ4v) is 4.85. The molecule has 0 aliphatic carbocycles. The molecule has 1 N–H and O–H groups in total. The summed E-state index contributed by atoms with van der Waals surface area (Å²) in [4.78, 5) is 13.6. The molecule has 0 bridgehead atoms. The van der Waals surface area contributed by atoms with E-state index in [4.69, 9.17) is 23.7 Å². The Morgan fingerprint density at radius 2 is 1.90 bits per heavy atom. The molecule has 164 valence electrons. The number of rotatable bonds is 4. The molecule has 7 nitrogen and oxygen atoms in total. The van der Waals surface area contributed by atoms with Gasteiger partial charge in [0.05, 0.1) is 35.7 Å². The highest BCUT2D eigenvalue weighted by Gasteiger charge is 2.47. The zero-order chi connectivity index (χ0) is 21.9. The second-order valence-electron chi connectivity index (χ2n) is 8.22. The molecule has 2 unspecified atom stereocenters. The zero-order valence-corrected chi connectivity index (χ0v) is 19.6. The molecule has 3 aliphatic heterocycles. The van der Waals surface area contributed by atoms with Gasteiger partial charge in [0.2, 0.25) is 0 Å². The first kappa shape index (κ1) is 20.7.